The summed E-state index contributed by atoms with van der Waals surface area (Å²) in [6, 6.07) is 3.51. The molecule has 0 atom stereocenters. The molecular weight excluding hydrogens is 320 g/mol. The highest BCUT2D eigenvalue weighted by atomic mass is 16.3. The largest absolute Gasteiger partial charge is 0.462 e. The predicted octanol–water partition coefficient (Wildman–Crippen LogP) is 0.643. The van der Waals surface area contributed by atoms with Crippen molar-refractivity contribution in [3.63, 3.8) is 0 Å². The van der Waals surface area contributed by atoms with E-state index < -0.39 is 11.1 Å². The number of nitrogens with zero attached hydrogens (tertiary/aromatic N) is 1. The number of aromatic nitrogens is 4. The van der Waals surface area contributed by atoms with Crippen molar-refractivity contribution < 1.29 is 4.42 Å². The molecule has 0 aliphatic carbocycles. The molecule has 3 aromatic heterocycles. The lowest BCUT2D eigenvalue weighted by Crippen LogP contribution is -2.46. The van der Waals surface area contributed by atoms with Crippen LogP contribution < -0.4 is 21.8 Å². The highest BCUT2D eigenvalue weighted by Gasteiger charge is 2.19. The van der Waals surface area contributed by atoms with Crippen LogP contribution >= 0.6 is 0 Å². The van der Waals surface area contributed by atoms with Gasteiger partial charge in [-0.3, -0.25) is 9.59 Å². The summed E-state index contributed by atoms with van der Waals surface area (Å²) in [5, 5.41) is 0.282. The summed E-state index contributed by atoms with van der Waals surface area (Å²) >= 11 is 0. The molecule has 3 rings (SSSR count). The highest BCUT2D eigenvalue weighted by Crippen LogP contribution is 2.22. The van der Waals surface area contributed by atoms with Gasteiger partial charge in [0.25, 0.3) is 11.1 Å². The average Bonchev–Trinajstić information content (AvgIpc) is 3.13. The standard InChI is InChI=1S/C18H20N4O3/c1-10-5-6-11(25-10)7-13-16(23)22-14(17(24)21-13)8-12-15(18(2,3)4)20-9-19-12/h5-9H,1-4H3,(H,19,20)(H,21,24)(H,22,23)/b13-7-,14-8-. The SMILES string of the molecule is Cc1ccc(/C=c2\[nH]c(=O)/c(=C/c3nc[nH]c3C(C)(C)C)[nH]c2=O)o1. The van der Waals surface area contributed by atoms with Crippen LogP contribution in [0.3, 0.4) is 0 Å². The predicted molar refractivity (Wildman–Crippen MR) is 94.8 cm³/mol. The molecule has 0 saturated heterocycles. The second-order valence-corrected chi connectivity index (χ2v) is 6.89. The summed E-state index contributed by atoms with van der Waals surface area (Å²) in [6.45, 7) is 7.91. The van der Waals surface area contributed by atoms with E-state index >= 15 is 0 Å². The molecule has 3 N–H and O–H groups in total. The summed E-state index contributed by atoms with van der Waals surface area (Å²) in [4.78, 5) is 37.1. The van der Waals surface area contributed by atoms with Crippen molar-refractivity contribution in [2.45, 2.75) is 33.1 Å². The first-order valence-electron chi connectivity index (χ1n) is 7.90. The normalized spacial score (nSPS) is 13.6. The van der Waals surface area contributed by atoms with Crippen LogP contribution in [0, 0.1) is 6.92 Å². The molecule has 0 unspecified atom stereocenters. The van der Waals surface area contributed by atoms with Gasteiger partial charge in [0, 0.05) is 17.2 Å². The third-order valence-corrected chi connectivity index (χ3v) is 3.73. The minimum absolute atomic E-state index is 0.134. The minimum atomic E-state index is -0.409. The van der Waals surface area contributed by atoms with E-state index in [-0.39, 0.29) is 16.1 Å². The lowest BCUT2D eigenvalue weighted by molar-refractivity contribution is 0.524. The van der Waals surface area contributed by atoms with E-state index in [1.807, 2.05) is 20.8 Å². The molecule has 0 aliphatic heterocycles. The monoisotopic (exact) mass is 340 g/mol. The Bertz CT molecular complexity index is 1140. The van der Waals surface area contributed by atoms with Crippen LogP contribution in [-0.2, 0) is 5.41 Å². The zero-order valence-electron chi connectivity index (χ0n) is 14.6. The average molecular weight is 340 g/mol. The topological polar surface area (TPSA) is 108 Å². The second-order valence-electron chi connectivity index (χ2n) is 6.89. The van der Waals surface area contributed by atoms with Crippen molar-refractivity contribution in [2.75, 3.05) is 0 Å². The fourth-order valence-electron chi connectivity index (χ4n) is 2.52. The molecule has 0 spiro atoms. The Kier molecular flexibility index (Phi) is 4.08. The number of hydrogen-bond donors (Lipinski definition) is 3. The van der Waals surface area contributed by atoms with Gasteiger partial charge in [0.1, 0.15) is 22.2 Å². The molecule has 0 amide bonds. The Morgan fingerprint density at radius 3 is 2.24 bits per heavy atom. The number of aromatic amines is 3. The Hall–Kier alpha value is -3.09. The summed E-state index contributed by atoms with van der Waals surface area (Å²) in [5.74, 6) is 1.22. The molecule has 3 aromatic rings. The van der Waals surface area contributed by atoms with Crippen molar-refractivity contribution in [1.82, 2.24) is 19.9 Å². The van der Waals surface area contributed by atoms with Crippen LogP contribution in [0.5, 0.6) is 0 Å². The molecule has 0 radical (unpaired) electrons. The van der Waals surface area contributed by atoms with Gasteiger partial charge in [0.15, 0.2) is 0 Å². The lowest BCUT2D eigenvalue weighted by atomic mass is 9.90. The molecular formula is C18H20N4O3. The molecule has 0 aliphatic rings. The number of imidazole rings is 1. The van der Waals surface area contributed by atoms with E-state index in [0.29, 0.717) is 11.5 Å². The van der Waals surface area contributed by atoms with Crippen LogP contribution in [0.4, 0.5) is 0 Å². The van der Waals surface area contributed by atoms with Gasteiger partial charge < -0.3 is 19.4 Å². The maximum absolute atomic E-state index is 12.3. The number of aryl methyl sites for hydroxylation is 1. The van der Waals surface area contributed by atoms with E-state index in [1.165, 1.54) is 6.08 Å². The van der Waals surface area contributed by atoms with Crippen molar-refractivity contribution in [3.8, 4) is 0 Å². The number of furan rings is 1. The van der Waals surface area contributed by atoms with Crippen molar-refractivity contribution >= 4 is 12.2 Å². The van der Waals surface area contributed by atoms with Crippen molar-refractivity contribution in [3.05, 3.63) is 72.8 Å². The van der Waals surface area contributed by atoms with Gasteiger partial charge in [-0.2, -0.15) is 0 Å². The maximum atomic E-state index is 12.3. The summed E-state index contributed by atoms with van der Waals surface area (Å²) < 4.78 is 5.40. The van der Waals surface area contributed by atoms with E-state index in [2.05, 4.69) is 19.9 Å². The third kappa shape index (κ3) is 3.55. The third-order valence-electron chi connectivity index (χ3n) is 3.73. The van der Waals surface area contributed by atoms with Crippen LogP contribution in [0.1, 0.15) is 43.7 Å². The van der Waals surface area contributed by atoms with E-state index in [4.69, 9.17) is 4.42 Å². The quantitative estimate of drug-likeness (QED) is 0.636. The zero-order chi connectivity index (χ0) is 18.2. The van der Waals surface area contributed by atoms with Crippen LogP contribution in [-0.4, -0.2) is 19.9 Å². The molecule has 0 saturated carbocycles. The molecule has 25 heavy (non-hydrogen) atoms. The summed E-state index contributed by atoms with van der Waals surface area (Å²) in [6.07, 6.45) is 4.63. The molecule has 0 aromatic carbocycles. The number of nitrogens with one attached hydrogen (secondary N) is 3. The lowest BCUT2D eigenvalue weighted by Gasteiger charge is -2.16. The van der Waals surface area contributed by atoms with Gasteiger partial charge in [-0.25, -0.2) is 4.98 Å². The van der Waals surface area contributed by atoms with Crippen LogP contribution in [0.15, 0.2) is 32.5 Å². The molecule has 3 heterocycles. The van der Waals surface area contributed by atoms with Gasteiger partial charge in [0.2, 0.25) is 0 Å². The van der Waals surface area contributed by atoms with Crippen molar-refractivity contribution in [1.29, 1.82) is 0 Å². The van der Waals surface area contributed by atoms with E-state index in [9.17, 15) is 9.59 Å². The Morgan fingerprint density at radius 2 is 1.68 bits per heavy atom. The summed E-state index contributed by atoms with van der Waals surface area (Å²) in [5.41, 5.74) is 0.520. The fourth-order valence-corrected chi connectivity index (χ4v) is 2.52. The smallest absolute Gasteiger partial charge is 0.272 e. The Labute approximate surface area is 143 Å². The van der Waals surface area contributed by atoms with Crippen LogP contribution in [0.2, 0.25) is 0 Å². The highest BCUT2D eigenvalue weighted by molar-refractivity contribution is 5.48. The minimum Gasteiger partial charge on any atom is -0.462 e. The maximum Gasteiger partial charge on any atom is 0.272 e. The van der Waals surface area contributed by atoms with Gasteiger partial charge in [-0.1, -0.05) is 20.8 Å². The molecule has 0 fully saturated rings. The van der Waals surface area contributed by atoms with E-state index in [0.717, 1.165) is 11.5 Å². The fraction of sp³-hybridized carbons (Fsp3) is 0.278. The first-order valence-corrected chi connectivity index (χ1v) is 7.90. The van der Waals surface area contributed by atoms with Crippen LogP contribution in [0.25, 0.3) is 12.2 Å². The first kappa shape index (κ1) is 16.8. The number of rotatable bonds is 2. The summed E-state index contributed by atoms with van der Waals surface area (Å²) in [7, 11) is 0. The Morgan fingerprint density at radius 1 is 1.04 bits per heavy atom. The molecule has 0 bridgehead atoms. The van der Waals surface area contributed by atoms with Gasteiger partial charge in [0.05, 0.1) is 12.0 Å². The molecule has 130 valence electrons. The van der Waals surface area contributed by atoms with Gasteiger partial charge in [-0.15, -0.1) is 0 Å². The van der Waals surface area contributed by atoms with Crippen molar-refractivity contribution in [2.24, 2.45) is 0 Å². The van der Waals surface area contributed by atoms with E-state index in [1.54, 1.807) is 31.5 Å². The first-order chi connectivity index (χ1) is 11.7. The van der Waals surface area contributed by atoms with Gasteiger partial charge >= 0.3 is 0 Å². The molecule has 7 heteroatoms. The second kappa shape index (κ2) is 6.08. The zero-order valence-corrected chi connectivity index (χ0v) is 14.6. The number of H-pyrrole nitrogens is 3. The Balaban J connectivity index is 2.14. The molecule has 7 nitrogen and oxygen atoms in total. The van der Waals surface area contributed by atoms with Gasteiger partial charge in [-0.05, 0) is 25.1 Å². The number of hydrogen-bond acceptors (Lipinski definition) is 4.